The topological polar surface area (TPSA) is 46.5 Å². The van der Waals surface area contributed by atoms with Crippen molar-refractivity contribution in [2.75, 3.05) is 13.1 Å². The smallest absolute Gasteiger partial charge is 0.430 e. The van der Waals surface area contributed by atoms with Gasteiger partial charge in [-0.15, -0.1) is 0 Å². The maximum Gasteiger partial charge on any atom is 0.430 e. The molecule has 1 saturated heterocycles. The monoisotopic (exact) mass is 527 g/mol. The van der Waals surface area contributed by atoms with Gasteiger partial charge in [0, 0.05) is 30.6 Å². The minimum atomic E-state index is -5.98. The molecular weight excluding hydrogens is 504 g/mol. The highest BCUT2D eigenvalue weighted by Crippen LogP contribution is 2.51. The van der Waals surface area contributed by atoms with E-state index in [4.69, 9.17) is 0 Å². The molecule has 36 heavy (non-hydrogen) atoms. The van der Waals surface area contributed by atoms with E-state index in [9.17, 15) is 36.0 Å². The fourth-order valence-corrected chi connectivity index (χ4v) is 6.38. The summed E-state index contributed by atoms with van der Waals surface area (Å²) in [5.74, 6) is 0. The molecule has 1 fully saturated rings. The van der Waals surface area contributed by atoms with E-state index in [-0.39, 0.29) is 6.54 Å². The van der Waals surface area contributed by atoms with Crippen LogP contribution in [0.1, 0.15) is 23.1 Å². The summed E-state index contributed by atoms with van der Waals surface area (Å²) in [5.41, 5.74) is -4.99. The van der Waals surface area contributed by atoms with Gasteiger partial charge in [0.25, 0.3) is 5.60 Å². The second kappa shape index (κ2) is 9.74. The van der Waals surface area contributed by atoms with Gasteiger partial charge in [-0.2, -0.15) is 26.3 Å². The predicted molar refractivity (Wildman–Crippen MR) is 123 cm³/mol. The van der Waals surface area contributed by atoms with Crippen molar-refractivity contribution in [2.45, 2.75) is 40.6 Å². The molecule has 0 aromatic heterocycles. The van der Waals surface area contributed by atoms with Crippen LogP contribution in [0.3, 0.4) is 0 Å². The average Bonchev–Trinajstić information content (AvgIpc) is 3.27. The van der Waals surface area contributed by atoms with Crippen molar-refractivity contribution in [3.8, 4) is 0 Å². The number of nitrogens with zero attached hydrogens (tertiary/aromatic N) is 1. The van der Waals surface area contributed by atoms with Gasteiger partial charge in [0.1, 0.15) is 0 Å². The van der Waals surface area contributed by atoms with E-state index in [0.717, 1.165) is 17.7 Å². The summed E-state index contributed by atoms with van der Waals surface area (Å²) >= 11 is -1.66. The van der Waals surface area contributed by atoms with E-state index in [2.05, 4.69) is 4.90 Å². The maximum atomic E-state index is 13.8. The molecule has 3 aromatic carbocycles. The Morgan fingerprint density at radius 3 is 1.86 bits per heavy atom. The predicted octanol–water partition coefficient (Wildman–Crippen LogP) is 5.91. The molecule has 0 amide bonds. The van der Waals surface area contributed by atoms with Gasteiger partial charge in [-0.25, -0.2) is 0 Å². The molecule has 1 N–H and O–H groups in total. The Morgan fingerprint density at radius 2 is 1.33 bits per heavy atom. The number of alkyl halides is 6. The molecule has 0 spiro atoms. The first kappa shape index (κ1) is 26.5. The third-order valence-corrected chi connectivity index (χ3v) is 8.50. The van der Waals surface area contributed by atoms with Crippen LogP contribution < -0.4 is 0 Å². The van der Waals surface area contributed by atoms with Crippen LogP contribution in [0.2, 0.25) is 0 Å². The molecule has 1 aliphatic heterocycles. The summed E-state index contributed by atoms with van der Waals surface area (Å²) in [6.45, 7) is 1.37. The highest BCUT2D eigenvalue weighted by molar-refractivity contribution is 7.92. The molecule has 3 nitrogen and oxygen atoms in total. The SMILES string of the molecule is [O-][S+](c1ccccc1)C1(c2ccc(C(O)(C(F)(F)F)C(F)(F)F)cc2)CCN(Cc2ccccc2)C1. The third kappa shape index (κ3) is 4.74. The molecule has 3 aromatic rings. The second-order valence-corrected chi connectivity index (χ2v) is 10.6. The second-order valence-electron chi connectivity index (χ2n) is 8.81. The summed E-state index contributed by atoms with van der Waals surface area (Å²) in [5, 5.41) is 9.75. The van der Waals surface area contributed by atoms with Crippen LogP contribution in [-0.2, 0) is 28.1 Å². The van der Waals surface area contributed by atoms with Crippen LogP contribution >= 0.6 is 0 Å². The summed E-state index contributed by atoms with van der Waals surface area (Å²) < 4.78 is 92.8. The molecule has 1 aliphatic rings. The maximum absolute atomic E-state index is 13.8. The molecule has 0 saturated carbocycles. The first-order valence-corrected chi connectivity index (χ1v) is 12.2. The fourth-order valence-electron chi connectivity index (χ4n) is 4.60. The zero-order chi connectivity index (χ0) is 26.2. The van der Waals surface area contributed by atoms with E-state index < -0.39 is 39.4 Å². The van der Waals surface area contributed by atoms with E-state index in [1.165, 1.54) is 0 Å². The van der Waals surface area contributed by atoms with Crippen LogP contribution in [0.4, 0.5) is 26.3 Å². The minimum Gasteiger partial charge on any atom is -0.611 e. The van der Waals surface area contributed by atoms with Gasteiger partial charge in [0.15, 0.2) is 9.64 Å². The van der Waals surface area contributed by atoms with E-state index >= 15 is 0 Å². The van der Waals surface area contributed by atoms with Crippen molar-refractivity contribution in [2.24, 2.45) is 0 Å². The van der Waals surface area contributed by atoms with E-state index in [0.29, 0.717) is 42.1 Å². The lowest BCUT2D eigenvalue weighted by atomic mass is 9.89. The molecule has 2 atom stereocenters. The van der Waals surface area contributed by atoms with Crippen molar-refractivity contribution < 1.29 is 36.0 Å². The van der Waals surface area contributed by atoms with Gasteiger partial charge in [0.2, 0.25) is 0 Å². The zero-order valence-corrected chi connectivity index (χ0v) is 19.7. The van der Waals surface area contributed by atoms with Crippen molar-refractivity contribution in [1.82, 2.24) is 4.90 Å². The number of benzene rings is 3. The molecule has 192 valence electrons. The average molecular weight is 528 g/mol. The molecule has 0 bridgehead atoms. The summed E-state index contributed by atoms with van der Waals surface area (Å²) in [7, 11) is 0. The largest absolute Gasteiger partial charge is 0.611 e. The molecule has 10 heteroatoms. The number of likely N-dealkylation sites (tertiary alicyclic amines) is 1. The zero-order valence-electron chi connectivity index (χ0n) is 18.9. The Morgan fingerprint density at radius 1 is 0.806 bits per heavy atom. The Labute approximate surface area is 207 Å². The lowest BCUT2D eigenvalue weighted by Crippen LogP contribution is -2.54. The molecular formula is C26H23F6NO2S. The highest BCUT2D eigenvalue weighted by Gasteiger charge is 2.71. The van der Waals surface area contributed by atoms with E-state index in [1.807, 2.05) is 30.3 Å². The Kier molecular flexibility index (Phi) is 7.18. The Hall–Kier alpha value is -2.53. The number of hydrogen-bond donors (Lipinski definition) is 1. The van der Waals surface area contributed by atoms with Crippen molar-refractivity contribution in [3.05, 3.63) is 102 Å². The van der Waals surface area contributed by atoms with Crippen LogP contribution in [0.15, 0.2) is 89.8 Å². The minimum absolute atomic E-state index is 0.283. The van der Waals surface area contributed by atoms with Gasteiger partial charge in [-0.3, -0.25) is 4.90 Å². The van der Waals surface area contributed by atoms with Gasteiger partial charge in [-0.1, -0.05) is 72.8 Å². The lowest BCUT2D eigenvalue weighted by Gasteiger charge is -2.34. The van der Waals surface area contributed by atoms with Gasteiger partial charge < -0.3 is 9.66 Å². The Balaban J connectivity index is 1.73. The summed E-state index contributed by atoms with van der Waals surface area (Å²) in [6.07, 6.45) is -11.6. The number of hydrogen-bond acceptors (Lipinski definition) is 3. The number of rotatable bonds is 6. The van der Waals surface area contributed by atoms with Crippen molar-refractivity contribution in [3.63, 3.8) is 0 Å². The van der Waals surface area contributed by atoms with Crippen molar-refractivity contribution >= 4 is 11.2 Å². The number of aliphatic hydroxyl groups is 1. The van der Waals surface area contributed by atoms with Crippen LogP contribution in [0.25, 0.3) is 0 Å². The van der Waals surface area contributed by atoms with Crippen molar-refractivity contribution in [1.29, 1.82) is 0 Å². The normalized spacial score (nSPS) is 20.4. The van der Waals surface area contributed by atoms with Gasteiger partial charge in [0.05, 0.1) is 6.54 Å². The quantitative estimate of drug-likeness (QED) is 0.320. The third-order valence-electron chi connectivity index (χ3n) is 6.52. The van der Waals surface area contributed by atoms with Crippen LogP contribution in [0.5, 0.6) is 0 Å². The Bertz CT molecular complexity index is 1140. The van der Waals surface area contributed by atoms with Gasteiger partial charge >= 0.3 is 12.4 Å². The highest BCUT2D eigenvalue weighted by atomic mass is 32.2. The van der Waals surface area contributed by atoms with Gasteiger partial charge in [-0.05, 0) is 28.9 Å². The van der Waals surface area contributed by atoms with Crippen LogP contribution in [-0.4, -0.2) is 40.0 Å². The summed E-state index contributed by atoms with van der Waals surface area (Å²) in [4.78, 5) is 2.57. The molecule has 4 rings (SSSR count). The fraction of sp³-hybridized carbons (Fsp3) is 0.308. The first-order chi connectivity index (χ1) is 16.9. The summed E-state index contributed by atoms with van der Waals surface area (Å²) in [6, 6.07) is 21.6. The number of halogens is 6. The molecule has 2 unspecified atom stereocenters. The standard InChI is InChI=1S/C26H23F6NO2S/c27-25(28,29)24(34,26(30,31)32)21-13-11-20(12-14-21)23(36(35)22-9-5-2-6-10-22)15-16-33(18-23)17-19-7-3-1-4-8-19/h1-14,34H,15-18H2. The molecule has 0 radical (unpaired) electrons. The molecule has 0 aliphatic carbocycles. The molecule has 1 heterocycles. The first-order valence-electron chi connectivity index (χ1n) is 11.1. The van der Waals surface area contributed by atoms with E-state index in [1.54, 1.807) is 30.3 Å². The van der Waals surface area contributed by atoms with Crippen LogP contribution in [0, 0.1) is 0 Å². The lowest BCUT2D eigenvalue weighted by molar-refractivity contribution is -0.376.